The Bertz CT molecular complexity index is 707. The molecule has 7 heteroatoms. The van der Waals surface area contributed by atoms with E-state index in [0.717, 1.165) is 11.3 Å². The fourth-order valence-corrected chi connectivity index (χ4v) is 2.66. The van der Waals surface area contributed by atoms with Crippen molar-refractivity contribution >= 4 is 23.3 Å². The number of aliphatic carboxylic acids is 1. The number of hydrogen-bond acceptors (Lipinski definition) is 5. The first-order valence-electron chi connectivity index (χ1n) is 8.73. The van der Waals surface area contributed by atoms with E-state index in [1.165, 1.54) is 0 Å². The lowest BCUT2D eigenvalue weighted by atomic mass is 10.2. The number of carboxylic acid groups (broad SMARTS) is 1. The molecule has 2 aromatic carbocycles. The molecule has 0 bridgehead atoms. The molecular weight excluding hydrogens is 368 g/mol. The van der Waals surface area contributed by atoms with Gasteiger partial charge < -0.3 is 20.3 Å². The van der Waals surface area contributed by atoms with Gasteiger partial charge in [0.25, 0.3) is 0 Å². The Morgan fingerprint density at radius 2 is 1.85 bits per heavy atom. The van der Waals surface area contributed by atoms with Crippen molar-refractivity contribution < 1.29 is 19.7 Å². The van der Waals surface area contributed by atoms with E-state index in [1.54, 1.807) is 17.0 Å². The van der Waals surface area contributed by atoms with Crippen LogP contribution in [-0.4, -0.2) is 60.0 Å². The van der Waals surface area contributed by atoms with Crippen LogP contribution < -0.4 is 10.1 Å². The van der Waals surface area contributed by atoms with Crippen molar-refractivity contribution in [3.63, 3.8) is 0 Å². The maximum atomic E-state index is 11.1. The highest BCUT2D eigenvalue weighted by Crippen LogP contribution is 2.13. The smallest absolute Gasteiger partial charge is 0.317 e. The molecule has 1 atom stereocenters. The van der Waals surface area contributed by atoms with Gasteiger partial charge in [0.05, 0.1) is 6.54 Å². The zero-order valence-corrected chi connectivity index (χ0v) is 16.0. The molecule has 0 fully saturated rings. The van der Waals surface area contributed by atoms with E-state index in [4.69, 9.17) is 21.4 Å². The van der Waals surface area contributed by atoms with Crippen molar-refractivity contribution in [1.82, 2.24) is 4.90 Å². The molecule has 27 heavy (non-hydrogen) atoms. The van der Waals surface area contributed by atoms with Crippen LogP contribution in [0.25, 0.3) is 0 Å². The van der Waals surface area contributed by atoms with Crippen molar-refractivity contribution in [3.8, 4) is 5.75 Å². The Balaban J connectivity index is 1.78. The van der Waals surface area contributed by atoms with Gasteiger partial charge in [-0.15, -0.1) is 0 Å². The molecule has 0 aliphatic carbocycles. The number of nitrogens with one attached hydrogen (secondary N) is 1. The second kappa shape index (κ2) is 10.8. The van der Waals surface area contributed by atoms with Crippen LogP contribution in [-0.2, 0) is 4.79 Å². The van der Waals surface area contributed by atoms with Gasteiger partial charge in [-0.1, -0.05) is 29.3 Å². The summed E-state index contributed by atoms with van der Waals surface area (Å²) in [5, 5.41) is 23.2. The van der Waals surface area contributed by atoms with Crippen LogP contribution in [0.15, 0.2) is 48.5 Å². The maximum absolute atomic E-state index is 11.1. The summed E-state index contributed by atoms with van der Waals surface area (Å²) in [6, 6.07) is 14.8. The molecule has 0 amide bonds. The summed E-state index contributed by atoms with van der Waals surface area (Å²) in [4.78, 5) is 12.8. The first-order valence-corrected chi connectivity index (χ1v) is 9.11. The minimum absolute atomic E-state index is 0.101. The summed E-state index contributed by atoms with van der Waals surface area (Å²) in [6.07, 6.45) is -0.791. The molecule has 0 spiro atoms. The molecule has 0 heterocycles. The average Bonchev–Trinajstić information content (AvgIpc) is 2.62. The molecule has 0 saturated heterocycles. The van der Waals surface area contributed by atoms with Crippen molar-refractivity contribution in [3.05, 3.63) is 59.1 Å². The summed E-state index contributed by atoms with van der Waals surface area (Å²) in [7, 11) is 0. The lowest BCUT2D eigenvalue weighted by Gasteiger charge is -2.24. The van der Waals surface area contributed by atoms with Gasteiger partial charge in [-0.25, -0.2) is 0 Å². The van der Waals surface area contributed by atoms with Gasteiger partial charge in [-0.05, 0) is 43.3 Å². The van der Waals surface area contributed by atoms with Gasteiger partial charge in [-0.3, -0.25) is 9.69 Å². The number of ether oxygens (including phenoxy) is 1. The van der Waals surface area contributed by atoms with Crippen LogP contribution in [0, 0.1) is 6.92 Å². The van der Waals surface area contributed by atoms with Crippen LogP contribution >= 0.6 is 11.6 Å². The van der Waals surface area contributed by atoms with E-state index in [1.807, 2.05) is 43.3 Å². The lowest BCUT2D eigenvalue weighted by molar-refractivity contribution is -0.138. The molecule has 2 aromatic rings. The molecule has 0 radical (unpaired) electrons. The summed E-state index contributed by atoms with van der Waals surface area (Å²) < 4.78 is 5.56. The van der Waals surface area contributed by atoms with Gasteiger partial charge in [0, 0.05) is 30.3 Å². The Hall–Kier alpha value is -2.28. The number of hydrogen-bond donors (Lipinski definition) is 3. The third-order valence-electron chi connectivity index (χ3n) is 3.89. The molecule has 146 valence electrons. The van der Waals surface area contributed by atoms with Crippen LogP contribution in [0.1, 0.15) is 5.56 Å². The highest BCUT2D eigenvalue weighted by molar-refractivity contribution is 6.30. The Morgan fingerprint density at radius 3 is 2.48 bits per heavy atom. The number of aliphatic hydroxyl groups is 1. The predicted octanol–water partition coefficient (Wildman–Crippen LogP) is 2.89. The molecule has 0 aliphatic rings. The van der Waals surface area contributed by atoms with Gasteiger partial charge in [0.15, 0.2) is 0 Å². The number of nitrogens with zero attached hydrogens (tertiary/aromatic N) is 1. The first kappa shape index (κ1) is 21.0. The lowest BCUT2D eigenvalue weighted by Crippen LogP contribution is -2.41. The molecule has 0 aromatic heterocycles. The van der Waals surface area contributed by atoms with Gasteiger partial charge >= 0.3 is 5.97 Å². The largest absolute Gasteiger partial charge is 0.491 e. The van der Waals surface area contributed by atoms with E-state index in [2.05, 4.69) is 5.32 Å². The number of benzene rings is 2. The van der Waals surface area contributed by atoms with Crippen molar-refractivity contribution in [2.45, 2.75) is 13.0 Å². The van der Waals surface area contributed by atoms with E-state index in [-0.39, 0.29) is 19.7 Å². The monoisotopic (exact) mass is 392 g/mol. The molecule has 0 aliphatic heterocycles. The zero-order valence-electron chi connectivity index (χ0n) is 15.3. The average molecular weight is 393 g/mol. The van der Waals surface area contributed by atoms with Crippen LogP contribution in [0.4, 0.5) is 5.69 Å². The molecule has 6 nitrogen and oxygen atoms in total. The minimum atomic E-state index is -0.937. The molecule has 0 unspecified atom stereocenters. The van der Waals surface area contributed by atoms with E-state index in [0.29, 0.717) is 23.9 Å². The van der Waals surface area contributed by atoms with Gasteiger partial charge in [0.1, 0.15) is 18.5 Å². The fourth-order valence-electron chi connectivity index (χ4n) is 2.53. The van der Waals surface area contributed by atoms with Crippen LogP contribution in [0.3, 0.4) is 0 Å². The van der Waals surface area contributed by atoms with Gasteiger partial charge in [-0.2, -0.15) is 0 Å². The standard InChI is InChI=1S/C20H25ClN2O4/c1-15-2-8-19(9-3-15)27-14-18(24)12-23(13-20(25)26)11-10-22-17-6-4-16(21)5-7-17/h2-9,18,22,24H,10-14H2,1H3,(H,25,26)/t18-/m0/s1. The number of anilines is 1. The Labute approximate surface area is 164 Å². The summed E-state index contributed by atoms with van der Waals surface area (Å²) in [6.45, 7) is 3.16. The van der Waals surface area contributed by atoms with E-state index < -0.39 is 12.1 Å². The number of carbonyl (C=O) groups is 1. The summed E-state index contributed by atoms with van der Waals surface area (Å²) in [5.74, 6) is -0.262. The Kier molecular flexibility index (Phi) is 8.39. The molecule has 3 N–H and O–H groups in total. The fraction of sp³-hybridized carbons (Fsp3) is 0.350. The number of rotatable bonds is 11. The topological polar surface area (TPSA) is 82.0 Å². The summed E-state index contributed by atoms with van der Waals surface area (Å²) >= 11 is 5.85. The van der Waals surface area contributed by atoms with E-state index >= 15 is 0 Å². The first-order chi connectivity index (χ1) is 12.9. The van der Waals surface area contributed by atoms with Gasteiger partial charge in [0.2, 0.25) is 0 Å². The number of carboxylic acids is 1. The normalized spacial score (nSPS) is 12.0. The number of aryl methyl sites for hydroxylation is 1. The van der Waals surface area contributed by atoms with Crippen molar-refractivity contribution in [2.75, 3.05) is 38.1 Å². The quantitative estimate of drug-likeness (QED) is 0.545. The highest BCUT2D eigenvalue weighted by Gasteiger charge is 2.15. The SMILES string of the molecule is Cc1ccc(OC[C@@H](O)CN(CCNc2ccc(Cl)cc2)CC(=O)O)cc1. The predicted molar refractivity (Wildman–Crippen MR) is 107 cm³/mol. The molecule has 2 rings (SSSR count). The minimum Gasteiger partial charge on any atom is -0.491 e. The third kappa shape index (κ3) is 8.30. The van der Waals surface area contributed by atoms with Crippen LogP contribution in [0.5, 0.6) is 5.75 Å². The third-order valence-corrected chi connectivity index (χ3v) is 4.14. The number of aliphatic hydroxyl groups excluding tert-OH is 1. The van der Waals surface area contributed by atoms with E-state index in [9.17, 15) is 9.90 Å². The molecule has 0 saturated carbocycles. The highest BCUT2D eigenvalue weighted by atomic mass is 35.5. The number of halogens is 1. The molecular formula is C20H25ClN2O4. The Morgan fingerprint density at radius 1 is 1.19 bits per heavy atom. The summed E-state index contributed by atoms with van der Waals surface area (Å²) in [5.41, 5.74) is 2.03. The second-order valence-corrected chi connectivity index (χ2v) is 6.78. The van der Waals surface area contributed by atoms with Crippen molar-refractivity contribution in [2.24, 2.45) is 0 Å². The second-order valence-electron chi connectivity index (χ2n) is 6.34. The zero-order chi connectivity index (χ0) is 19.6. The van der Waals surface area contributed by atoms with Crippen LogP contribution in [0.2, 0.25) is 5.02 Å². The van der Waals surface area contributed by atoms with Crippen molar-refractivity contribution in [1.29, 1.82) is 0 Å². The maximum Gasteiger partial charge on any atom is 0.317 e.